The number of pyridine rings is 1. The van der Waals surface area contributed by atoms with Gasteiger partial charge in [-0.15, -0.1) is 0 Å². The second-order valence-electron chi connectivity index (χ2n) is 4.10. The predicted octanol–water partition coefficient (Wildman–Crippen LogP) is 2.89. The lowest BCUT2D eigenvalue weighted by molar-refractivity contribution is 1.19. The van der Waals surface area contributed by atoms with Crippen LogP contribution in [0.15, 0.2) is 48.7 Å². The van der Waals surface area contributed by atoms with Crippen molar-refractivity contribution in [2.45, 2.75) is 6.92 Å². The number of nitrogens with two attached hydrogens (primary N) is 1. The summed E-state index contributed by atoms with van der Waals surface area (Å²) in [6.45, 7) is 2.02. The number of fused-ring (bicyclic) bond motifs is 1. The highest BCUT2D eigenvalue weighted by Gasteiger charge is 2.10. The van der Waals surface area contributed by atoms with E-state index in [1.54, 1.807) is 0 Å². The van der Waals surface area contributed by atoms with E-state index in [-0.39, 0.29) is 0 Å². The smallest absolute Gasteiger partial charge is 0.137 e. The van der Waals surface area contributed by atoms with Gasteiger partial charge in [0.1, 0.15) is 5.65 Å². The second-order valence-corrected chi connectivity index (χ2v) is 4.10. The number of nitrogen functional groups attached to an aromatic ring is 1. The van der Waals surface area contributed by atoms with E-state index in [1.165, 1.54) is 0 Å². The van der Waals surface area contributed by atoms with Crippen LogP contribution in [-0.4, -0.2) is 9.38 Å². The van der Waals surface area contributed by atoms with Crippen molar-refractivity contribution in [3.63, 3.8) is 0 Å². The first-order valence-corrected chi connectivity index (χ1v) is 5.55. The quantitative estimate of drug-likeness (QED) is 0.689. The average Bonchev–Trinajstić information content (AvgIpc) is 2.65. The lowest BCUT2D eigenvalue weighted by Crippen LogP contribution is -1.92. The summed E-state index contributed by atoms with van der Waals surface area (Å²) in [7, 11) is 0. The van der Waals surface area contributed by atoms with Gasteiger partial charge >= 0.3 is 0 Å². The Labute approximate surface area is 99.5 Å². The van der Waals surface area contributed by atoms with Gasteiger partial charge in [-0.1, -0.05) is 30.3 Å². The zero-order valence-electron chi connectivity index (χ0n) is 9.59. The van der Waals surface area contributed by atoms with Gasteiger partial charge in [-0.25, -0.2) is 4.98 Å². The minimum Gasteiger partial charge on any atom is -0.398 e. The highest BCUT2D eigenvalue weighted by atomic mass is 15.0. The number of aryl methyl sites for hydroxylation is 1. The van der Waals surface area contributed by atoms with E-state index in [2.05, 4.69) is 17.1 Å². The normalized spacial score (nSPS) is 10.9. The van der Waals surface area contributed by atoms with E-state index >= 15 is 0 Å². The maximum atomic E-state index is 5.83. The molecule has 0 unspecified atom stereocenters. The molecule has 2 aromatic heterocycles. The molecule has 2 heterocycles. The zero-order chi connectivity index (χ0) is 11.8. The fraction of sp³-hybridized carbons (Fsp3) is 0.0714. The molecule has 1 aromatic carbocycles. The first kappa shape index (κ1) is 9.90. The van der Waals surface area contributed by atoms with Crippen LogP contribution < -0.4 is 5.73 Å². The van der Waals surface area contributed by atoms with Gasteiger partial charge in [0.25, 0.3) is 0 Å². The molecule has 84 valence electrons. The van der Waals surface area contributed by atoms with Crippen molar-refractivity contribution >= 4 is 11.3 Å². The summed E-state index contributed by atoms with van der Waals surface area (Å²) >= 11 is 0. The monoisotopic (exact) mass is 223 g/mol. The average molecular weight is 223 g/mol. The fourth-order valence-corrected chi connectivity index (χ4v) is 2.12. The Hall–Kier alpha value is -2.29. The molecule has 0 fully saturated rings. The second kappa shape index (κ2) is 3.63. The zero-order valence-corrected chi connectivity index (χ0v) is 9.59. The predicted molar refractivity (Wildman–Crippen MR) is 69.8 cm³/mol. The van der Waals surface area contributed by atoms with Gasteiger partial charge in [0, 0.05) is 17.4 Å². The van der Waals surface area contributed by atoms with Crippen molar-refractivity contribution in [2.24, 2.45) is 0 Å². The number of hydrogen-bond donors (Lipinski definition) is 1. The van der Waals surface area contributed by atoms with Crippen molar-refractivity contribution in [1.82, 2.24) is 9.38 Å². The van der Waals surface area contributed by atoms with Crippen molar-refractivity contribution in [1.29, 1.82) is 0 Å². The van der Waals surface area contributed by atoms with Gasteiger partial charge in [0.15, 0.2) is 0 Å². The third kappa shape index (κ3) is 1.56. The molecule has 0 saturated carbocycles. The van der Waals surface area contributed by atoms with Crippen LogP contribution in [-0.2, 0) is 0 Å². The van der Waals surface area contributed by atoms with E-state index < -0.39 is 0 Å². The molecule has 0 atom stereocenters. The van der Waals surface area contributed by atoms with E-state index in [4.69, 9.17) is 5.73 Å². The minimum absolute atomic E-state index is 0.743. The highest BCUT2D eigenvalue weighted by molar-refractivity contribution is 5.68. The summed E-state index contributed by atoms with van der Waals surface area (Å²) in [6, 6.07) is 14.0. The van der Waals surface area contributed by atoms with E-state index in [0.717, 1.165) is 28.3 Å². The summed E-state index contributed by atoms with van der Waals surface area (Å²) in [5.41, 5.74) is 10.8. The van der Waals surface area contributed by atoms with Crippen LogP contribution in [0.2, 0.25) is 0 Å². The van der Waals surface area contributed by atoms with Gasteiger partial charge in [0.2, 0.25) is 0 Å². The van der Waals surface area contributed by atoms with Crippen molar-refractivity contribution in [3.8, 4) is 11.3 Å². The molecule has 3 nitrogen and oxygen atoms in total. The maximum Gasteiger partial charge on any atom is 0.137 e. The highest BCUT2D eigenvalue weighted by Crippen LogP contribution is 2.25. The Morgan fingerprint density at radius 1 is 1.06 bits per heavy atom. The number of rotatable bonds is 1. The Morgan fingerprint density at radius 2 is 1.82 bits per heavy atom. The molecule has 2 N–H and O–H groups in total. The fourth-order valence-electron chi connectivity index (χ4n) is 2.12. The van der Waals surface area contributed by atoms with Crippen LogP contribution in [0.1, 0.15) is 5.69 Å². The van der Waals surface area contributed by atoms with Crippen molar-refractivity contribution < 1.29 is 0 Å². The molecule has 0 bridgehead atoms. The SMILES string of the molecule is Cc1nc2ccc(N)cn2c1-c1ccccc1. The molecular formula is C14H13N3. The largest absolute Gasteiger partial charge is 0.398 e. The Bertz CT molecular complexity index is 669. The van der Waals surface area contributed by atoms with Crippen LogP contribution in [0.5, 0.6) is 0 Å². The first-order chi connectivity index (χ1) is 8.25. The molecule has 0 aliphatic heterocycles. The third-order valence-electron chi connectivity index (χ3n) is 2.86. The molecule has 0 spiro atoms. The molecule has 0 aliphatic carbocycles. The summed E-state index contributed by atoms with van der Waals surface area (Å²) in [4.78, 5) is 4.54. The van der Waals surface area contributed by atoms with E-state index in [9.17, 15) is 0 Å². The number of anilines is 1. The Balaban J connectivity index is 2.35. The molecule has 3 rings (SSSR count). The molecule has 17 heavy (non-hydrogen) atoms. The van der Waals surface area contributed by atoms with Gasteiger partial charge in [-0.3, -0.25) is 4.40 Å². The van der Waals surface area contributed by atoms with Gasteiger partial charge in [-0.2, -0.15) is 0 Å². The molecular weight excluding hydrogens is 210 g/mol. The summed E-state index contributed by atoms with van der Waals surface area (Å²) in [5.74, 6) is 0. The van der Waals surface area contributed by atoms with Crippen molar-refractivity contribution in [2.75, 3.05) is 5.73 Å². The molecule has 0 aliphatic rings. The maximum absolute atomic E-state index is 5.83. The lowest BCUT2D eigenvalue weighted by atomic mass is 10.1. The molecule has 0 amide bonds. The first-order valence-electron chi connectivity index (χ1n) is 5.55. The van der Waals surface area contributed by atoms with Gasteiger partial charge < -0.3 is 5.73 Å². The minimum atomic E-state index is 0.743. The summed E-state index contributed by atoms with van der Waals surface area (Å²) in [5, 5.41) is 0. The molecule has 3 heteroatoms. The van der Waals surface area contributed by atoms with Crippen molar-refractivity contribution in [3.05, 3.63) is 54.4 Å². The topological polar surface area (TPSA) is 43.3 Å². The summed E-state index contributed by atoms with van der Waals surface area (Å²) < 4.78 is 2.04. The van der Waals surface area contributed by atoms with Crippen LogP contribution in [0.3, 0.4) is 0 Å². The number of benzene rings is 1. The third-order valence-corrected chi connectivity index (χ3v) is 2.86. The van der Waals surface area contributed by atoms with Crippen LogP contribution in [0.25, 0.3) is 16.9 Å². The van der Waals surface area contributed by atoms with Crippen LogP contribution in [0.4, 0.5) is 5.69 Å². The van der Waals surface area contributed by atoms with Crippen LogP contribution in [0, 0.1) is 6.92 Å². The molecule has 3 aromatic rings. The van der Waals surface area contributed by atoms with Crippen LogP contribution >= 0.6 is 0 Å². The molecule has 0 saturated heterocycles. The van der Waals surface area contributed by atoms with E-state index in [0.29, 0.717) is 0 Å². The Morgan fingerprint density at radius 3 is 2.59 bits per heavy atom. The molecule has 0 radical (unpaired) electrons. The number of hydrogen-bond acceptors (Lipinski definition) is 2. The number of imidazole rings is 1. The standard InChI is InChI=1S/C14H13N3/c1-10-14(11-5-3-2-4-6-11)17-9-12(15)7-8-13(17)16-10/h2-9H,15H2,1H3. The van der Waals surface area contributed by atoms with Gasteiger partial charge in [-0.05, 0) is 19.1 Å². The summed E-state index contributed by atoms with van der Waals surface area (Å²) in [6.07, 6.45) is 1.91. The number of aromatic nitrogens is 2. The number of nitrogens with zero attached hydrogens (tertiary/aromatic N) is 2. The van der Waals surface area contributed by atoms with E-state index in [1.807, 2.05) is 47.9 Å². The lowest BCUT2D eigenvalue weighted by Gasteiger charge is -2.03. The van der Waals surface area contributed by atoms with Gasteiger partial charge in [0.05, 0.1) is 11.4 Å². The Kier molecular flexibility index (Phi) is 2.11.